The molecule has 0 saturated carbocycles. The van der Waals surface area contributed by atoms with Crippen molar-refractivity contribution in [1.82, 2.24) is 10.8 Å². The fourth-order valence-electron chi connectivity index (χ4n) is 3.39. The number of benzene rings is 2. The van der Waals surface area contributed by atoms with Crippen molar-refractivity contribution in [2.24, 2.45) is 0 Å². The highest BCUT2D eigenvalue weighted by atomic mass is 32.2. The van der Waals surface area contributed by atoms with Gasteiger partial charge in [-0.2, -0.15) is 0 Å². The maximum Gasteiger partial charge on any atom is 0.264 e. The van der Waals surface area contributed by atoms with Crippen molar-refractivity contribution in [1.29, 1.82) is 0 Å². The Labute approximate surface area is 192 Å². The second-order valence-corrected chi connectivity index (χ2v) is 10.5. The van der Waals surface area contributed by atoms with Crippen LogP contribution in [-0.4, -0.2) is 37.1 Å². The lowest BCUT2D eigenvalue weighted by atomic mass is 9.99. The first-order chi connectivity index (χ1) is 15.5. The molecular weight excluding hydrogens is 451 g/mol. The lowest BCUT2D eigenvalue weighted by Gasteiger charge is -2.25. The Morgan fingerprint density at radius 3 is 2.52 bits per heavy atom. The van der Waals surface area contributed by atoms with E-state index in [1.54, 1.807) is 49.4 Å². The molecule has 1 amide bonds. The molecule has 1 heterocycles. The zero-order chi connectivity index (χ0) is 24.2. The van der Waals surface area contributed by atoms with E-state index >= 15 is 0 Å². The number of hydrogen-bond donors (Lipinski definition) is 3. The predicted molar refractivity (Wildman–Crippen MR) is 119 cm³/mol. The van der Waals surface area contributed by atoms with Crippen LogP contribution in [0.5, 0.6) is 5.75 Å². The normalized spacial score (nSPS) is 17.7. The SMILES string of the molecule is CC1=C(COc2ccc(CCC(C)(C(=O)NO)S(C)(=O)=O)cc2)NC(c2ccccc2F)O1. The summed E-state index contributed by atoms with van der Waals surface area (Å²) in [5.41, 5.74) is 3.36. The minimum absolute atomic E-state index is 0.00318. The molecule has 2 aromatic rings. The number of hydrogen-bond acceptors (Lipinski definition) is 7. The lowest BCUT2D eigenvalue weighted by Crippen LogP contribution is -2.49. The van der Waals surface area contributed by atoms with Gasteiger partial charge in [-0.15, -0.1) is 0 Å². The number of hydroxylamine groups is 1. The van der Waals surface area contributed by atoms with Gasteiger partial charge in [-0.25, -0.2) is 18.3 Å². The number of nitrogens with one attached hydrogen (secondary N) is 2. The van der Waals surface area contributed by atoms with Crippen LogP contribution in [0.25, 0.3) is 0 Å². The predicted octanol–water partition coefficient (Wildman–Crippen LogP) is 3.00. The molecule has 1 aliphatic heterocycles. The molecule has 10 heteroatoms. The molecule has 3 rings (SSSR count). The van der Waals surface area contributed by atoms with Crippen LogP contribution < -0.4 is 15.5 Å². The number of rotatable bonds is 9. The van der Waals surface area contributed by atoms with Gasteiger partial charge in [0.1, 0.15) is 28.7 Å². The third-order valence-corrected chi connectivity index (χ3v) is 7.84. The third-order valence-electron chi connectivity index (χ3n) is 5.81. The summed E-state index contributed by atoms with van der Waals surface area (Å²) in [6.07, 6.45) is 0.658. The van der Waals surface area contributed by atoms with Crippen LogP contribution in [0.2, 0.25) is 0 Å². The average Bonchev–Trinajstić information content (AvgIpc) is 3.15. The highest BCUT2D eigenvalue weighted by Crippen LogP contribution is 2.29. The number of sulfone groups is 1. The van der Waals surface area contributed by atoms with E-state index < -0.39 is 26.7 Å². The minimum atomic E-state index is -3.75. The van der Waals surface area contributed by atoms with Gasteiger partial charge < -0.3 is 14.8 Å². The van der Waals surface area contributed by atoms with Crippen molar-refractivity contribution < 1.29 is 32.3 Å². The lowest BCUT2D eigenvalue weighted by molar-refractivity contribution is -0.131. The Hall–Kier alpha value is -3.11. The van der Waals surface area contributed by atoms with Crippen molar-refractivity contribution in [3.05, 3.63) is 76.9 Å². The summed E-state index contributed by atoms with van der Waals surface area (Å²) in [4.78, 5) is 11.9. The number of allylic oxidation sites excluding steroid dienone is 1. The highest BCUT2D eigenvalue weighted by Gasteiger charge is 2.43. The van der Waals surface area contributed by atoms with Crippen LogP contribution in [-0.2, 0) is 25.8 Å². The quantitative estimate of drug-likeness (QED) is 0.375. The van der Waals surface area contributed by atoms with Gasteiger partial charge in [0.25, 0.3) is 5.91 Å². The maximum absolute atomic E-state index is 14.0. The third kappa shape index (κ3) is 5.45. The molecule has 0 bridgehead atoms. The molecule has 1 aliphatic rings. The average molecular weight is 479 g/mol. The van der Waals surface area contributed by atoms with Gasteiger partial charge in [0.05, 0.1) is 5.70 Å². The number of halogens is 1. The number of ether oxygens (including phenoxy) is 2. The van der Waals surface area contributed by atoms with Crippen LogP contribution in [0, 0.1) is 5.82 Å². The van der Waals surface area contributed by atoms with Crippen molar-refractivity contribution in [3.8, 4) is 5.75 Å². The maximum atomic E-state index is 14.0. The largest absolute Gasteiger partial charge is 0.487 e. The summed E-state index contributed by atoms with van der Waals surface area (Å²) < 4.78 is 47.9. The summed E-state index contributed by atoms with van der Waals surface area (Å²) in [7, 11) is -3.75. The van der Waals surface area contributed by atoms with Gasteiger partial charge in [0.15, 0.2) is 16.1 Å². The summed E-state index contributed by atoms with van der Waals surface area (Å²) in [5.74, 6) is -0.131. The van der Waals surface area contributed by atoms with E-state index in [1.165, 1.54) is 18.5 Å². The van der Waals surface area contributed by atoms with Crippen LogP contribution in [0.3, 0.4) is 0 Å². The van der Waals surface area contributed by atoms with Gasteiger partial charge in [-0.05, 0) is 50.5 Å². The van der Waals surface area contributed by atoms with Crippen LogP contribution in [0.1, 0.15) is 37.6 Å². The molecule has 0 aromatic heterocycles. The molecule has 0 radical (unpaired) electrons. The van der Waals surface area contributed by atoms with Crippen LogP contribution >= 0.6 is 0 Å². The molecule has 0 saturated heterocycles. The molecule has 0 fully saturated rings. The molecule has 2 atom stereocenters. The fourth-order valence-corrected chi connectivity index (χ4v) is 4.24. The summed E-state index contributed by atoms with van der Waals surface area (Å²) in [6.45, 7) is 3.25. The van der Waals surface area contributed by atoms with Crippen LogP contribution in [0.4, 0.5) is 4.39 Å². The molecule has 0 aliphatic carbocycles. The Balaban J connectivity index is 1.57. The van der Waals surface area contributed by atoms with E-state index in [-0.39, 0.29) is 18.8 Å². The van der Waals surface area contributed by atoms with Crippen LogP contribution in [0.15, 0.2) is 60.0 Å². The zero-order valence-corrected chi connectivity index (χ0v) is 19.4. The molecule has 178 valence electrons. The van der Waals surface area contributed by atoms with E-state index in [4.69, 9.17) is 14.7 Å². The first-order valence-corrected chi connectivity index (χ1v) is 12.2. The Bertz CT molecular complexity index is 1150. The van der Waals surface area contributed by atoms with E-state index in [0.29, 0.717) is 29.2 Å². The van der Waals surface area contributed by atoms with E-state index in [2.05, 4.69) is 5.32 Å². The standard InChI is InChI=1S/C23H27FN2O6S/c1-15-20(25-21(32-15)18-6-4-5-7-19(18)24)14-31-17-10-8-16(9-11-17)12-13-23(2,22(27)26-28)33(3,29)30/h4-11,21,25,28H,12-14H2,1-3H3,(H,26,27). The monoisotopic (exact) mass is 478 g/mol. The number of carbonyl (C=O) groups is 1. The zero-order valence-electron chi connectivity index (χ0n) is 18.6. The fraction of sp³-hybridized carbons (Fsp3) is 0.348. The van der Waals surface area contributed by atoms with Crippen molar-refractivity contribution in [3.63, 3.8) is 0 Å². The van der Waals surface area contributed by atoms with E-state index in [0.717, 1.165) is 11.8 Å². The number of amides is 1. The Kier molecular flexibility index (Phi) is 7.28. The van der Waals surface area contributed by atoms with Gasteiger partial charge in [-0.3, -0.25) is 10.0 Å². The topological polar surface area (TPSA) is 114 Å². The Morgan fingerprint density at radius 2 is 1.91 bits per heavy atom. The molecule has 3 N–H and O–H groups in total. The second-order valence-electron chi connectivity index (χ2n) is 8.08. The number of aryl methyl sites for hydroxylation is 1. The molecule has 8 nitrogen and oxygen atoms in total. The smallest absolute Gasteiger partial charge is 0.264 e. The summed E-state index contributed by atoms with van der Waals surface area (Å²) in [5, 5.41) is 12.0. The molecular formula is C23H27FN2O6S. The molecule has 2 unspecified atom stereocenters. The van der Waals surface area contributed by atoms with Crippen molar-refractivity contribution in [2.45, 2.75) is 37.7 Å². The summed E-state index contributed by atoms with van der Waals surface area (Å²) >= 11 is 0. The minimum Gasteiger partial charge on any atom is -0.487 e. The highest BCUT2D eigenvalue weighted by molar-refractivity contribution is 7.92. The Morgan fingerprint density at radius 1 is 1.24 bits per heavy atom. The first-order valence-electron chi connectivity index (χ1n) is 10.3. The number of carbonyl (C=O) groups excluding carboxylic acids is 1. The van der Waals surface area contributed by atoms with Gasteiger partial charge >= 0.3 is 0 Å². The van der Waals surface area contributed by atoms with Gasteiger partial charge in [0.2, 0.25) is 0 Å². The van der Waals surface area contributed by atoms with E-state index in [1.807, 2.05) is 0 Å². The summed E-state index contributed by atoms with van der Waals surface area (Å²) in [6, 6.07) is 13.4. The molecule has 2 aromatic carbocycles. The van der Waals surface area contributed by atoms with E-state index in [9.17, 15) is 17.6 Å². The van der Waals surface area contributed by atoms with Gasteiger partial charge in [0, 0.05) is 11.8 Å². The van der Waals surface area contributed by atoms with Gasteiger partial charge in [-0.1, -0.05) is 30.3 Å². The molecule has 33 heavy (non-hydrogen) atoms. The first kappa shape index (κ1) is 24.5. The molecule has 0 spiro atoms. The van der Waals surface area contributed by atoms with Crippen molar-refractivity contribution >= 4 is 15.7 Å². The van der Waals surface area contributed by atoms with Crippen molar-refractivity contribution in [2.75, 3.05) is 12.9 Å². The second kappa shape index (κ2) is 9.80.